The SMILES string of the molecule is Cc1ccc(N2C[C@@H](C(=O)N[C@@H](C)Cn3cccn3)CC2=O)c(F)c1. The number of nitrogens with zero attached hydrogens (tertiary/aromatic N) is 3. The first-order valence-corrected chi connectivity index (χ1v) is 8.28. The topological polar surface area (TPSA) is 67.2 Å². The van der Waals surface area contributed by atoms with Crippen molar-refractivity contribution in [2.24, 2.45) is 5.92 Å². The zero-order chi connectivity index (χ0) is 18.0. The quantitative estimate of drug-likeness (QED) is 0.901. The third-order valence-corrected chi connectivity index (χ3v) is 4.30. The number of aromatic nitrogens is 2. The Morgan fingerprint density at radius 3 is 2.96 bits per heavy atom. The molecule has 0 radical (unpaired) electrons. The first-order chi connectivity index (χ1) is 11.9. The molecule has 1 N–H and O–H groups in total. The fourth-order valence-corrected chi connectivity index (χ4v) is 3.04. The number of carbonyl (C=O) groups is 2. The van der Waals surface area contributed by atoms with Crippen LogP contribution in [0.1, 0.15) is 18.9 Å². The van der Waals surface area contributed by atoms with Crippen LogP contribution in [-0.2, 0) is 16.1 Å². The number of benzene rings is 1. The van der Waals surface area contributed by atoms with Crippen molar-refractivity contribution in [2.45, 2.75) is 32.9 Å². The predicted octanol–water partition coefficient (Wildman–Crippen LogP) is 1.89. The lowest BCUT2D eigenvalue weighted by molar-refractivity contribution is -0.126. The highest BCUT2D eigenvalue weighted by Gasteiger charge is 2.36. The Labute approximate surface area is 145 Å². The molecule has 0 unspecified atom stereocenters. The molecule has 2 aromatic rings. The van der Waals surface area contributed by atoms with Gasteiger partial charge < -0.3 is 10.2 Å². The summed E-state index contributed by atoms with van der Waals surface area (Å²) in [6, 6.07) is 6.43. The number of hydrogen-bond acceptors (Lipinski definition) is 3. The summed E-state index contributed by atoms with van der Waals surface area (Å²) in [4.78, 5) is 26.0. The minimum absolute atomic E-state index is 0.0909. The number of hydrogen-bond donors (Lipinski definition) is 1. The first-order valence-electron chi connectivity index (χ1n) is 8.28. The standard InChI is InChI=1S/C18H21FN4O2/c1-12-4-5-16(15(19)8-12)23-11-14(9-17(23)24)18(25)21-13(2)10-22-7-3-6-20-22/h3-8,13-14H,9-11H2,1-2H3,(H,21,25)/t13-,14-/m0/s1. The van der Waals surface area contributed by atoms with E-state index in [2.05, 4.69) is 10.4 Å². The maximum Gasteiger partial charge on any atom is 0.227 e. The van der Waals surface area contributed by atoms with Gasteiger partial charge in [0.15, 0.2) is 0 Å². The first kappa shape index (κ1) is 17.1. The molecule has 1 aliphatic heterocycles. The summed E-state index contributed by atoms with van der Waals surface area (Å²) in [5, 5.41) is 7.01. The number of anilines is 1. The molecule has 0 spiro atoms. The number of nitrogens with one attached hydrogen (secondary N) is 1. The Kier molecular flexibility index (Phi) is 4.83. The molecule has 7 heteroatoms. The van der Waals surface area contributed by atoms with Crippen molar-refractivity contribution in [3.63, 3.8) is 0 Å². The van der Waals surface area contributed by atoms with Crippen LogP contribution < -0.4 is 10.2 Å². The van der Waals surface area contributed by atoms with E-state index in [1.807, 2.05) is 19.2 Å². The normalized spacial score (nSPS) is 18.4. The molecule has 1 saturated heterocycles. The fourth-order valence-electron chi connectivity index (χ4n) is 3.04. The molecule has 0 aliphatic carbocycles. The lowest BCUT2D eigenvalue weighted by Crippen LogP contribution is -2.40. The van der Waals surface area contributed by atoms with Crippen LogP contribution in [0.3, 0.4) is 0 Å². The van der Waals surface area contributed by atoms with Gasteiger partial charge in [0.25, 0.3) is 0 Å². The van der Waals surface area contributed by atoms with Gasteiger partial charge in [-0.15, -0.1) is 0 Å². The van der Waals surface area contributed by atoms with Crippen LogP contribution in [0.4, 0.5) is 10.1 Å². The van der Waals surface area contributed by atoms with Gasteiger partial charge in [-0.05, 0) is 37.6 Å². The fraction of sp³-hybridized carbons (Fsp3) is 0.389. The summed E-state index contributed by atoms with van der Waals surface area (Å²) in [7, 11) is 0. The lowest BCUT2D eigenvalue weighted by Gasteiger charge is -2.19. The number of carbonyl (C=O) groups excluding carboxylic acids is 2. The Morgan fingerprint density at radius 1 is 1.48 bits per heavy atom. The monoisotopic (exact) mass is 344 g/mol. The van der Waals surface area contributed by atoms with Crippen molar-refractivity contribution >= 4 is 17.5 Å². The maximum absolute atomic E-state index is 14.1. The van der Waals surface area contributed by atoms with Crippen molar-refractivity contribution < 1.29 is 14.0 Å². The largest absolute Gasteiger partial charge is 0.351 e. The molecule has 2 atom stereocenters. The van der Waals surface area contributed by atoms with Gasteiger partial charge in [-0.25, -0.2) is 4.39 Å². The predicted molar refractivity (Wildman–Crippen MR) is 91.4 cm³/mol. The second kappa shape index (κ2) is 7.04. The van der Waals surface area contributed by atoms with Crippen LogP contribution >= 0.6 is 0 Å². The van der Waals surface area contributed by atoms with E-state index in [1.54, 1.807) is 29.9 Å². The molecule has 132 valence electrons. The van der Waals surface area contributed by atoms with Crippen molar-refractivity contribution in [2.75, 3.05) is 11.4 Å². The Balaban J connectivity index is 1.62. The Morgan fingerprint density at radius 2 is 2.28 bits per heavy atom. The molecule has 2 amide bonds. The third kappa shape index (κ3) is 3.87. The van der Waals surface area contributed by atoms with E-state index in [0.717, 1.165) is 5.56 Å². The van der Waals surface area contributed by atoms with Gasteiger partial charge in [-0.2, -0.15) is 5.10 Å². The maximum atomic E-state index is 14.1. The molecule has 25 heavy (non-hydrogen) atoms. The van der Waals surface area contributed by atoms with Gasteiger partial charge in [-0.1, -0.05) is 6.07 Å². The number of halogens is 1. The van der Waals surface area contributed by atoms with E-state index in [4.69, 9.17) is 0 Å². The molecule has 0 bridgehead atoms. The third-order valence-electron chi connectivity index (χ3n) is 4.30. The number of aryl methyl sites for hydroxylation is 1. The summed E-state index contributed by atoms with van der Waals surface area (Å²) in [5.74, 6) is -1.35. The summed E-state index contributed by atoms with van der Waals surface area (Å²) >= 11 is 0. The van der Waals surface area contributed by atoms with Gasteiger partial charge in [0.2, 0.25) is 11.8 Å². The van der Waals surface area contributed by atoms with E-state index >= 15 is 0 Å². The average Bonchev–Trinajstić information content (AvgIpc) is 3.17. The second-order valence-electron chi connectivity index (χ2n) is 6.50. The van der Waals surface area contributed by atoms with Crippen molar-refractivity contribution in [1.29, 1.82) is 0 Å². The molecule has 1 aromatic heterocycles. The molecular weight excluding hydrogens is 323 g/mol. The summed E-state index contributed by atoms with van der Waals surface area (Å²) < 4.78 is 15.9. The van der Waals surface area contributed by atoms with Crippen molar-refractivity contribution in [3.05, 3.63) is 48.0 Å². The number of amides is 2. The molecule has 0 saturated carbocycles. The molecule has 3 rings (SSSR count). The molecule has 2 heterocycles. The molecule has 1 aromatic carbocycles. The average molecular weight is 344 g/mol. The second-order valence-corrected chi connectivity index (χ2v) is 6.50. The summed E-state index contributed by atoms with van der Waals surface area (Å²) in [6.07, 6.45) is 3.59. The van der Waals surface area contributed by atoms with E-state index in [9.17, 15) is 14.0 Å². The van der Waals surface area contributed by atoms with E-state index in [1.165, 1.54) is 11.0 Å². The zero-order valence-electron chi connectivity index (χ0n) is 14.3. The molecule has 1 aliphatic rings. The van der Waals surface area contributed by atoms with Gasteiger partial charge >= 0.3 is 0 Å². The van der Waals surface area contributed by atoms with Crippen LogP contribution in [0.15, 0.2) is 36.7 Å². The molecular formula is C18H21FN4O2. The van der Waals surface area contributed by atoms with E-state index < -0.39 is 11.7 Å². The van der Waals surface area contributed by atoms with Crippen molar-refractivity contribution in [3.8, 4) is 0 Å². The van der Waals surface area contributed by atoms with Gasteiger partial charge in [0, 0.05) is 31.4 Å². The summed E-state index contributed by atoms with van der Waals surface area (Å²) in [5.41, 5.74) is 1.02. The molecule has 6 nitrogen and oxygen atoms in total. The highest BCUT2D eigenvalue weighted by Crippen LogP contribution is 2.28. The van der Waals surface area contributed by atoms with Crippen LogP contribution in [0.5, 0.6) is 0 Å². The summed E-state index contributed by atoms with van der Waals surface area (Å²) in [6.45, 7) is 4.42. The van der Waals surface area contributed by atoms with Crippen LogP contribution in [0.2, 0.25) is 0 Å². The van der Waals surface area contributed by atoms with Crippen LogP contribution in [0.25, 0.3) is 0 Å². The highest BCUT2D eigenvalue weighted by molar-refractivity contribution is 6.00. The van der Waals surface area contributed by atoms with Gasteiger partial charge in [0.1, 0.15) is 5.82 Å². The lowest BCUT2D eigenvalue weighted by atomic mass is 10.1. The number of rotatable bonds is 5. The van der Waals surface area contributed by atoms with Gasteiger partial charge in [0.05, 0.1) is 18.2 Å². The minimum Gasteiger partial charge on any atom is -0.351 e. The zero-order valence-corrected chi connectivity index (χ0v) is 14.3. The van der Waals surface area contributed by atoms with Gasteiger partial charge in [-0.3, -0.25) is 14.3 Å². The molecule has 1 fully saturated rings. The minimum atomic E-state index is -0.478. The van der Waals surface area contributed by atoms with Crippen molar-refractivity contribution in [1.82, 2.24) is 15.1 Å². The van der Waals surface area contributed by atoms with Crippen LogP contribution in [0, 0.1) is 18.7 Å². The Bertz CT molecular complexity index is 775. The van der Waals surface area contributed by atoms with E-state index in [-0.39, 0.29) is 36.5 Å². The highest BCUT2D eigenvalue weighted by atomic mass is 19.1. The Hall–Kier alpha value is -2.70. The van der Waals surface area contributed by atoms with E-state index in [0.29, 0.717) is 6.54 Å². The smallest absolute Gasteiger partial charge is 0.227 e. The van der Waals surface area contributed by atoms with Crippen LogP contribution in [-0.4, -0.2) is 34.2 Å².